The number of benzene rings is 2. The highest BCUT2D eigenvalue weighted by molar-refractivity contribution is 9.10. The Morgan fingerprint density at radius 3 is 2.41 bits per heavy atom. The van der Waals surface area contributed by atoms with Crippen molar-refractivity contribution in [1.82, 2.24) is 4.98 Å². The van der Waals surface area contributed by atoms with E-state index in [0.29, 0.717) is 30.8 Å². The Hall–Kier alpha value is -1.70. The van der Waals surface area contributed by atoms with Crippen molar-refractivity contribution < 1.29 is 8.42 Å². The number of rotatable bonds is 4. The molecule has 29 heavy (non-hydrogen) atoms. The quantitative estimate of drug-likeness (QED) is 0.475. The third-order valence-electron chi connectivity index (χ3n) is 5.29. The lowest BCUT2D eigenvalue weighted by Gasteiger charge is -2.31. The summed E-state index contributed by atoms with van der Waals surface area (Å²) < 4.78 is 26.8. The van der Waals surface area contributed by atoms with Gasteiger partial charge in [-0.2, -0.15) is 0 Å². The summed E-state index contributed by atoms with van der Waals surface area (Å²) in [6.07, 6.45) is 1.24. The first-order chi connectivity index (χ1) is 13.8. The maximum absolute atomic E-state index is 13.0. The summed E-state index contributed by atoms with van der Waals surface area (Å²) in [6, 6.07) is 13.5. The van der Waals surface area contributed by atoms with E-state index in [1.165, 1.54) is 11.1 Å². The van der Waals surface area contributed by atoms with Gasteiger partial charge < -0.3 is 4.90 Å². The summed E-state index contributed by atoms with van der Waals surface area (Å²) in [5, 5.41) is 2.72. The standard InChI is InChI=1S/C22H23BrN2O2S2/c1-15-10-16(2)12-17(11-15)21-14-28-22(24-21)25-8-6-19(7-9-25)29(26,27)20-5-3-4-18(23)13-20/h3-5,10-14,19H,6-9H2,1-2H3. The summed E-state index contributed by atoms with van der Waals surface area (Å²) >= 11 is 5.00. The molecule has 1 aromatic heterocycles. The van der Waals surface area contributed by atoms with Crippen molar-refractivity contribution in [2.75, 3.05) is 18.0 Å². The molecule has 1 aliphatic rings. The summed E-state index contributed by atoms with van der Waals surface area (Å²) in [4.78, 5) is 7.44. The molecule has 1 fully saturated rings. The van der Waals surface area contributed by atoms with E-state index in [9.17, 15) is 8.42 Å². The Morgan fingerprint density at radius 2 is 1.76 bits per heavy atom. The molecule has 4 nitrogen and oxygen atoms in total. The molecule has 2 aromatic carbocycles. The Balaban J connectivity index is 1.47. The number of thiazole rings is 1. The molecule has 2 heterocycles. The van der Waals surface area contributed by atoms with Gasteiger partial charge in [0.2, 0.25) is 0 Å². The Labute approximate surface area is 184 Å². The van der Waals surface area contributed by atoms with Gasteiger partial charge in [-0.05, 0) is 57.0 Å². The van der Waals surface area contributed by atoms with E-state index in [0.717, 1.165) is 20.9 Å². The zero-order chi connectivity index (χ0) is 20.6. The van der Waals surface area contributed by atoms with Gasteiger partial charge in [-0.3, -0.25) is 0 Å². The molecule has 0 amide bonds. The third-order valence-corrected chi connectivity index (χ3v) is 8.94. The molecule has 1 saturated heterocycles. The van der Waals surface area contributed by atoms with Gasteiger partial charge in [0.15, 0.2) is 15.0 Å². The molecule has 7 heteroatoms. The Kier molecular flexibility index (Phi) is 5.82. The first kappa shape index (κ1) is 20.6. The SMILES string of the molecule is Cc1cc(C)cc(-c2csc(N3CCC(S(=O)(=O)c4cccc(Br)c4)CC3)n2)c1. The summed E-state index contributed by atoms with van der Waals surface area (Å²) in [5.74, 6) is 0. The molecule has 1 aliphatic heterocycles. The van der Waals surface area contributed by atoms with Crippen LogP contribution in [0.25, 0.3) is 11.3 Å². The highest BCUT2D eigenvalue weighted by atomic mass is 79.9. The average molecular weight is 491 g/mol. The van der Waals surface area contributed by atoms with Crippen LogP contribution < -0.4 is 4.90 Å². The number of anilines is 1. The van der Waals surface area contributed by atoms with Gasteiger partial charge in [-0.1, -0.05) is 39.2 Å². The minimum Gasteiger partial charge on any atom is -0.348 e. The second kappa shape index (κ2) is 8.20. The molecule has 0 N–H and O–H groups in total. The zero-order valence-corrected chi connectivity index (χ0v) is 19.6. The minimum atomic E-state index is -3.31. The van der Waals surface area contributed by atoms with Crippen LogP contribution in [0.4, 0.5) is 5.13 Å². The molecule has 3 aromatic rings. The lowest BCUT2D eigenvalue weighted by Crippen LogP contribution is -2.39. The number of halogens is 1. The monoisotopic (exact) mass is 490 g/mol. The van der Waals surface area contributed by atoms with Crippen LogP contribution >= 0.6 is 27.3 Å². The first-order valence-electron chi connectivity index (χ1n) is 9.61. The van der Waals surface area contributed by atoms with Crippen molar-refractivity contribution >= 4 is 42.2 Å². The van der Waals surface area contributed by atoms with Crippen LogP contribution in [0.1, 0.15) is 24.0 Å². The predicted octanol–water partition coefficient (Wildman–Crippen LogP) is 5.63. The number of aryl methyl sites for hydroxylation is 2. The maximum Gasteiger partial charge on any atom is 0.185 e. The number of nitrogens with zero attached hydrogens (tertiary/aromatic N) is 2. The molecule has 152 valence electrons. The van der Waals surface area contributed by atoms with Gasteiger partial charge in [0, 0.05) is 28.5 Å². The fraction of sp³-hybridized carbons (Fsp3) is 0.318. The molecule has 0 saturated carbocycles. The Bertz CT molecular complexity index is 1110. The third kappa shape index (κ3) is 4.42. The van der Waals surface area contributed by atoms with Crippen LogP contribution in [-0.4, -0.2) is 31.7 Å². The lowest BCUT2D eigenvalue weighted by molar-refractivity contribution is 0.529. The van der Waals surface area contributed by atoms with Gasteiger partial charge in [0.1, 0.15) is 0 Å². The lowest BCUT2D eigenvalue weighted by atomic mass is 10.1. The van der Waals surface area contributed by atoms with Crippen molar-refractivity contribution in [3.8, 4) is 11.3 Å². The fourth-order valence-corrected chi connectivity index (χ4v) is 7.07. The van der Waals surface area contributed by atoms with Crippen LogP contribution in [0.5, 0.6) is 0 Å². The largest absolute Gasteiger partial charge is 0.348 e. The molecular weight excluding hydrogens is 468 g/mol. The normalized spacial score (nSPS) is 15.6. The smallest absolute Gasteiger partial charge is 0.185 e. The van der Waals surface area contributed by atoms with E-state index in [2.05, 4.69) is 58.3 Å². The highest BCUT2D eigenvalue weighted by Gasteiger charge is 2.32. The number of sulfone groups is 1. The zero-order valence-electron chi connectivity index (χ0n) is 16.4. The topological polar surface area (TPSA) is 50.3 Å². The van der Waals surface area contributed by atoms with Crippen molar-refractivity contribution in [2.45, 2.75) is 36.8 Å². The van der Waals surface area contributed by atoms with Crippen LogP contribution in [-0.2, 0) is 9.84 Å². The minimum absolute atomic E-state index is 0.341. The van der Waals surface area contributed by atoms with E-state index >= 15 is 0 Å². The van der Waals surface area contributed by atoms with Crippen LogP contribution in [0.15, 0.2) is 57.2 Å². The van der Waals surface area contributed by atoms with E-state index in [-0.39, 0.29) is 5.25 Å². The molecule has 0 radical (unpaired) electrons. The molecule has 0 unspecified atom stereocenters. The number of hydrogen-bond donors (Lipinski definition) is 0. The molecule has 0 atom stereocenters. The number of aromatic nitrogens is 1. The van der Waals surface area contributed by atoms with Gasteiger partial charge in [0.05, 0.1) is 15.8 Å². The van der Waals surface area contributed by atoms with E-state index in [4.69, 9.17) is 4.98 Å². The van der Waals surface area contributed by atoms with E-state index in [1.54, 1.807) is 29.5 Å². The predicted molar refractivity (Wildman–Crippen MR) is 124 cm³/mol. The van der Waals surface area contributed by atoms with Gasteiger partial charge in [0.25, 0.3) is 0 Å². The highest BCUT2D eigenvalue weighted by Crippen LogP contribution is 2.32. The number of hydrogen-bond acceptors (Lipinski definition) is 5. The molecule has 0 aliphatic carbocycles. The van der Waals surface area contributed by atoms with Gasteiger partial charge in [-0.15, -0.1) is 11.3 Å². The Morgan fingerprint density at radius 1 is 1.07 bits per heavy atom. The molecule has 0 bridgehead atoms. The van der Waals surface area contributed by atoms with E-state index in [1.807, 2.05) is 6.07 Å². The molecule has 0 spiro atoms. The fourth-order valence-electron chi connectivity index (χ4n) is 3.86. The van der Waals surface area contributed by atoms with Gasteiger partial charge >= 0.3 is 0 Å². The number of piperidine rings is 1. The van der Waals surface area contributed by atoms with Crippen LogP contribution in [0.2, 0.25) is 0 Å². The molecular formula is C22H23BrN2O2S2. The summed E-state index contributed by atoms with van der Waals surface area (Å²) in [7, 11) is -3.31. The van der Waals surface area contributed by atoms with E-state index < -0.39 is 9.84 Å². The second-order valence-corrected chi connectivity index (χ2v) is 11.6. The summed E-state index contributed by atoms with van der Waals surface area (Å²) in [6.45, 7) is 5.61. The summed E-state index contributed by atoms with van der Waals surface area (Å²) in [5.41, 5.74) is 4.58. The van der Waals surface area contributed by atoms with Gasteiger partial charge in [-0.25, -0.2) is 13.4 Å². The van der Waals surface area contributed by atoms with Crippen molar-refractivity contribution in [3.63, 3.8) is 0 Å². The van der Waals surface area contributed by atoms with Crippen LogP contribution in [0, 0.1) is 13.8 Å². The first-order valence-corrected chi connectivity index (χ1v) is 12.8. The van der Waals surface area contributed by atoms with Crippen LogP contribution in [0.3, 0.4) is 0 Å². The van der Waals surface area contributed by atoms with Crippen molar-refractivity contribution in [3.05, 3.63) is 63.4 Å². The average Bonchev–Trinajstić information content (AvgIpc) is 3.18. The molecule has 4 rings (SSSR count). The maximum atomic E-state index is 13.0. The van der Waals surface area contributed by atoms with Crippen molar-refractivity contribution in [2.24, 2.45) is 0 Å². The second-order valence-electron chi connectivity index (χ2n) is 7.58. The van der Waals surface area contributed by atoms with Crippen molar-refractivity contribution in [1.29, 1.82) is 0 Å².